The van der Waals surface area contributed by atoms with Crippen molar-refractivity contribution < 1.29 is 27.4 Å². The third-order valence-electron chi connectivity index (χ3n) is 6.63. The second-order valence-corrected chi connectivity index (χ2v) is 9.58. The summed E-state index contributed by atoms with van der Waals surface area (Å²) in [6.07, 6.45) is -0.0594. The Hall–Kier alpha value is -4.19. The van der Waals surface area contributed by atoms with Crippen molar-refractivity contribution in [3.8, 4) is 28.3 Å². The number of nitrogens with zero attached hydrogens (tertiary/aromatic N) is 4. The molecule has 12 heteroatoms. The summed E-state index contributed by atoms with van der Waals surface area (Å²) in [5.41, 5.74) is 6.19. The maximum atomic E-state index is 13.4. The SMILES string of the molecule is Nc1ncc(-c2cnc3ccc(-c4ccc(OC5(CNC(=O)C6CC6)COC5)cc4)nn23)cc1C(F)(F)F. The number of ether oxygens (including phenoxy) is 2. The fourth-order valence-corrected chi connectivity index (χ4v) is 4.28. The van der Waals surface area contributed by atoms with E-state index in [-0.39, 0.29) is 17.4 Å². The number of halogens is 3. The van der Waals surface area contributed by atoms with E-state index >= 15 is 0 Å². The molecule has 2 aliphatic rings. The summed E-state index contributed by atoms with van der Waals surface area (Å²) >= 11 is 0. The van der Waals surface area contributed by atoms with Gasteiger partial charge < -0.3 is 20.5 Å². The number of nitrogen functional groups attached to an aromatic ring is 1. The van der Waals surface area contributed by atoms with Crippen molar-refractivity contribution in [1.82, 2.24) is 24.9 Å². The standard InChI is InChI=1S/C26H23F3N6O3/c27-26(28,29)19-9-17(10-32-23(19)30)21-11-31-22-8-7-20(34-35(21)22)15-3-5-18(6-4-15)38-25(13-37-14-25)12-33-24(36)16-1-2-16/h3-11,16H,1-2,12-14H2,(H2,30,32)(H,33,36). The number of nitrogens with two attached hydrogens (primary N) is 1. The molecule has 4 aromatic rings. The molecule has 0 radical (unpaired) electrons. The first-order valence-electron chi connectivity index (χ1n) is 12.0. The number of anilines is 1. The molecule has 9 nitrogen and oxygen atoms in total. The van der Waals surface area contributed by atoms with Crippen LogP contribution in [0.5, 0.6) is 5.75 Å². The Morgan fingerprint density at radius 2 is 1.87 bits per heavy atom. The fraction of sp³-hybridized carbons (Fsp3) is 0.308. The van der Waals surface area contributed by atoms with Gasteiger partial charge in [0.05, 0.1) is 42.9 Å². The smallest absolute Gasteiger partial charge is 0.419 e. The van der Waals surface area contributed by atoms with Crippen LogP contribution >= 0.6 is 0 Å². The number of fused-ring (bicyclic) bond motifs is 1. The molecule has 1 aliphatic heterocycles. The van der Waals surface area contributed by atoms with Crippen molar-refractivity contribution in [1.29, 1.82) is 0 Å². The van der Waals surface area contributed by atoms with E-state index < -0.39 is 23.2 Å². The maximum absolute atomic E-state index is 13.4. The molecule has 1 aromatic carbocycles. The van der Waals surface area contributed by atoms with Gasteiger partial charge in [0.15, 0.2) is 11.2 Å². The van der Waals surface area contributed by atoms with Crippen LogP contribution in [-0.2, 0) is 15.7 Å². The third-order valence-corrected chi connectivity index (χ3v) is 6.63. The van der Waals surface area contributed by atoms with Crippen LogP contribution in [0.1, 0.15) is 18.4 Å². The summed E-state index contributed by atoms with van der Waals surface area (Å²) in [7, 11) is 0. The van der Waals surface area contributed by atoms with Gasteiger partial charge in [-0.2, -0.15) is 18.3 Å². The fourth-order valence-electron chi connectivity index (χ4n) is 4.28. The van der Waals surface area contributed by atoms with Crippen LogP contribution in [0.2, 0.25) is 0 Å². The molecular weight excluding hydrogens is 501 g/mol. The number of pyridine rings is 1. The van der Waals surface area contributed by atoms with Gasteiger partial charge in [-0.05, 0) is 55.3 Å². The van der Waals surface area contributed by atoms with Crippen molar-refractivity contribution >= 4 is 17.4 Å². The lowest BCUT2D eigenvalue weighted by atomic mass is 10.0. The van der Waals surface area contributed by atoms with E-state index in [0.29, 0.717) is 42.5 Å². The number of carbonyl (C=O) groups excluding carboxylic acids is 1. The van der Waals surface area contributed by atoms with Crippen molar-refractivity contribution in [2.75, 3.05) is 25.5 Å². The molecule has 3 aromatic heterocycles. The Morgan fingerprint density at radius 3 is 2.53 bits per heavy atom. The summed E-state index contributed by atoms with van der Waals surface area (Å²) in [5.74, 6) is 0.206. The van der Waals surface area contributed by atoms with Gasteiger partial charge in [-0.3, -0.25) is 4.79 Å². The zero-order valence-corrected chi connectivity index (χ0v) is 20.0. The van der Waals surface area contributed by atoms with Crippen LogP contribution in [-0.4, -0.2) is 50.8 Å². The highest BCUT2D eigenvalue weighted by Gasteiger charge is 2.42. The highest BCUT2D eigenvalue weighted by atomic mass is 19.4. The molecule has 0 bridgehead atoms. The molecule has 2 fully saturated rings. The van der Waals surface area contributed by atoms with Gasteiger partial charge >= 0.3 is 6.18 Å². The predicted molar refractivity (Wildman–Crippen MR) is 131 cm³/mol. The predicted octanol–water partition coefficient (Wildman–Crippen LogP) is 3.73. The zero-order chi connectivity index (χ0) is 26.5. The molecule has 1 saturated heterocycles. The Labute approximate surface area is 214 Å². The Morgan fingerprint density at radius 1 is 1.11 bits per heavy atom. The molecule has 0 unspecified atom stereocenters. The Kier molecular flexibility index (Phi) is 5.71. The van der Waals surface area contributed by atoms with E-state index in [4.69, 9.17) is 15.2 Å². The maximum Gasteiger partial charge on any atom is 0.419 e. The number of aromatic nitrogens is 4. The summed E-state index contributed by atoms with van der Waals surface area (Å²) in [6, 6.07) is 11.7. The number of imidazole rings is 1. The van der Waals surface area contributed by atoms with Gasteiger partial charge in [-0.1, -0.05) is 0 Å². The molecule has 38 heavy (non-hydrogen) atoms. The normalized spacial score (nSPS) is 16.7. The number of carbonyl (C=O) groups is 1. The molecule has 1 aliphatic carbocycles. The van der Waals surface area contributed by atoms with Gasteiger partial charge in [-0.15, -0.1) is 0 Å². The number of hydrogen-bond acceptors (Lipinski definition) is 7. The topological polar surface area (TPSA) is 117 Å². The van der Waals surface area contributed by atoms with Crippen LogP contribution < -0.4 is 15.8 Å². The average Bonchev–Trinajstić information content (AvgIpc) is 3.65. The molecule has 0 atom stereocenters. The second-order valence-electron chi connectivity index (χ2n) is 9.58. The Balaban J connectivity index is 1.23. The van der Waals surface area contributed by atoms with Gasteiger partial charge in [0.2, 0.25) is 5.91 Å². The monoisotopic (exact) mass is 524 g/mol. The summed E-state index contributed by atoms with van der Waals surface area (Å²) < 4.78 is 53.1. The van der Waals surface area contributed by atoms with E-state index in [1.54, 1.807) is 24.3 Å². The molecule has 3 N–H and O–H groups in total. The van der Waals surface area contributed by atoms with Crippen LogP contribution in [0.15, 0.2) is 54.9 Å². The minimum atomic E-state index is -4.64. The molecule has 1 saturated carbocycles. The lowest BCUT2D eigenvalue weighted by Gasteiger charge is -2.41. The molecule has 1 amide bonds. The van der Waals surface area contributed by atoms with Crippen LogP contribution in [0.3, 0.4) is 0 Å². The lowest BCUT2D eigenvalue weighted by Crippen LogP contribution is -2.61. The number of amides is 1. The summed E-state index contributed by atoms with van der Waals surface area (Å²) in [4.78, 5) is 20.0. The summed E-state index contributed by atoms with van der Waals surface area (Å²) in [5, 5.41) is 7.56. The third kappa shape index (κ3) is 4.62. The molecular formula is C26H23F3N6O3. The van der Waals surface area contributed by atoms with E-state index in [1.165, 1.54) is 16.9 Å². The van der Waals surface area contributed by atoms with E-state index in [1.807, 2.05) is 12.1 Å². The number of nitrogens with one attached hydrogen (secondary N) is 1. The average molecular weight is 525 g/mol. The van der Waals surface area contributed by atoms with E-state index in [0.717, 1.165) is 24.5 Å². The highest BCUT2D eigenvalue weighted by Crippen LogP contribution is 2.35. The number of rotatable bonds is 7. The molecule has 4 heterocycles. The van der Waals surface area contributed by atoms with E-state index in [2.05, 4.69) is 20.4 Å². The quantitative estimate of drug-likeness (QED) is 0.378. The van der Waals surface area contributed by atoms with Gasteiger partial charge in [0.25, 0.3) is 0 Å². The van der Waals surface area contributed by atoms with Crippen molar-refractivity contribution in [2.45, 2.75) is 24.6 Å². The van der Waals surface area contributed by atoms with Gasteiger partial charge in [0, 0.05) is 23.2 Å². The molecule has 0 spiro atoms. The van der Waals surface area contributed by atoms with Crippen LogP contribution in [0.25, 0.3) is 28.2 Å². The Bertz CT molecular complexity index is 1510. The molecule has 196 valence electrons. The second kappa shape index (κ2) is 8.98. The highest BCUT2D eigenvalue weighted by molar-refractivity contribution is 5.80. The largest absolute Gasteiger partial charge is 0.481 e. The number of alkyl halides is 3. The van der Waals surface area contributed by atoms with Gasteiger partial charge in [0.1, 0.15) is 11.6 Å². The number of benzene rings is 1. The first-order valence-corrected chi connectivity index (χ1v) is 12.0. The lowest BCUT2D eigenvalue weighted by molar-refractivity contribution is -0.161. The zero-order valence-electron chi connectivity index (χ0n) is 20.0. The molecule has 6 rings (SSSR count). The van der Waals surface area contributed by atoms with Crippen molar-refractivity contribution in [3.05, 3.63) is 60.4 Å². The first kappa shape index (κ1) is 24.2. The first-order chi connectivity index (χ1) is 18.2. The van der Waals surface area contributed by atoms with Crippen molar-refractivity contribution in [3.63, 3.8) is 0 Å². The van der Waals surface area contributed by atoms with Crippen molar-refractivity contribution in [2.24, 2.45) is 5.92 Å². The minimum absolute atomic E-state index is 0.0555. The van der Waals surface area contributed by atoms with Gasteiger partial charge in [-0.25, -0.2) is 14.5 Å². The number of hydrogen-bond donors (Lipinski definition) is 2. The minimum Gasteiger partial charge on any atom is -0.481 e. The van der Waals surface area contributed by atoms with E-state index in [9.17, 15) is 18.0 Å². The summed E-state index contributed by atoms with van der Waals surface area (Å²) in [6.45, 7) is 1.15. The van der Waals surface area contributed by atoms with Crippen LogP contribution in [0.4, 0.5) is 19.0 Å². The van der Waals surface area contributed by atoms with Crippen LogP contribution in [0, 0.1) is 5.92 Å².